The highest BCUT2D eigenvalue weighted by atomic mass is 16.3. The van der Waals surface area contributed by atoms with E-state index in [1.807, 2.05) is 6.20 Å². The van der Waals surface area contributed by atoms with Crippen molar-refractivity contribution in [2.24, 2.45) is 0 Å². The van der Waals surface area contributed by atoms with Crippen LogP contribution in [0.2, 0.25) is 0 Å². The molecule has 2 rings (SSSR count). The molecule has 1 aliphatic rings. The summed E-state index contributed by atoms with van der Waals surface area (Å²) in [6.07, 6.45) is 4.43. The van der Waals surface area contributed by atoms with Gasteiger partial charge in [-0.25, -0.2) is 4.68 Å². The number of carbonyl (C=O) groups excluding carboxylic acids is 1. The number of aromatic nitrogens is 3. The van der Waals surface area contributed by atoms with Gasteiger partial charge in [0.05, 0.1) is 11.8 Å². The minimum atomic E-state index is -0.381. The Balaban J connectivity index is 1.81. The predicted molar refractivity (Wildman–Crippen MR) is 65.9 cm³/mol. The lowest BCUT2D eigenvalue weighted by Gasteiger charge is -2.17. The Kier molecular flexibility index (Phi) is 3.96. The first kappa shape index (κ1) is 13.0. The number of hydrogen-bond acceptors (Lipinski definition) is 4. The fourth-order valence-electron chi connectivity index (χ4n) is 1.72. The molecule has 0 aromatic carbocycles. The maximum Gasteiger partial charge on any atom is 0.244 e. The number of carbonyl (C=O) groups is 1. The van der Waals surface area contributed by atoms with Gasteiger partial charge in [0, 0.05) is 25.7 Å². The molecule has 6 nitrogen and oxygen atoms in total. The van der Waals surface area contributed by atoms with Crippen LogP contribution >= 0.6 is 0 Å². The van der Waals surface area contributed by atoms with E-state index in [4.69, 9.17) is 0 Å². The van der Waals surface area contributed by atoms with Crippen molar-refractivity contribution in [3.05, 3.63) is 11.9 Å². The number of aliphatic hydroxyl groups excluding tert-OH is 1. The second-order valence-corrected chi connectivity index (χ2v) is 5.07. The highest BCUT2D eigenvalue weighted by Crippen LogP contribution is 2.38. The molecule has 1 heterocycles. The van der Waals surface area contributed by atoms with Gasteiger partial charge in [0.1, 0.15) is 6.54 Å². The van der Waals surface area contributed by atoms with E-state index in [0.717, 1.165) is 5.69 Å². The second-order valence-electron chi connectivity index (χ2n) is 5.07. The minimum absolute atomic E-state index is 0.0112. The van der Waals surface area contributed by atoms with E-state index in [2.05, 4.69) is 10.3 Å². The molecular weight excluding hydrogens is 232 g/mol. The fourth-order valence-corrected chi connectivity index (χ4v) is 1.72. The molecule has 1 N–H and O–H groups in total. The van der Waals surface area contributed by atoms with Crippen LogP contribution in [0.1, 0.15) is 37.8 Å². The van der Waals surface area contributed by atoms with Crippen LogP contribution in [-0.2, 0) is 11.3 Å². The summed E-state index contributed by atoms with van der Waals surface area (Å²) in [6.45, 7) is 2.49. The molecule has 18 heavy (non-hydrogen) atoms. The minimum Gasteiger partial charge on any atom is -0.393 e. The van der Waals surface area contributed by atoms with Gasteiger partial charge in [-0.15, -0.1) is 5.10 Å². The van der Waals surface area contributed by atoms with E-state index in [1.165, 1.54) is 12.8 Å². The zero-order valence-corrected chi connectivity index (χ0v) is 10.9. The van der Waals surface area contributed by atoms with Gasteiger partial charge in [-0.1, -0.05) is 5.21 Å². The molecule has 0 saturated heterocycles. The number of rotatable bonds is 6. The van der Waals surface area contributed by atoms with E-state index in [0.29, 0.717) is 18.9 Å². The highest BCUT2D eigenvalue weighted by molar-refractivity contribution is 5.75. The van der Waals surface area contributed by atoms with Crippen LogP contribution in [-0.4, -0.2) is 50.6 Å². The molecule has 6 heteroatoms. The lowest BCUT2D eigenvalue weighted by Crippen LogP contribution is -2.32. The molecule has 0 spiro atoms. The summed E-state index contributed by atoms with van der Waals surface area (Å²) >= 11 is 0. The Morgan fingerprint density at radius 1 is 1.67 bits per heavy atom. The van der Waals surface area contributed by atoms with Gasteiger partial charge in [-0.2, -0.15) is 0 Å². The third kappa shape index (κ3) is 3.53. The predicted octanol–water partition coefficient (Wildman–Crippen LogP) is 0.385. The van der Waals surface area contributed by atoms with E-state index in [9.17, 15) is 9.90 Å². The maximum absolute atomic E-state index is 11.9. The van der Waals surface area contributed by atoms with Gasteiger partial charge in [-0.05, 0) is 26.2 Å². The molecule has 1 amide bonds. The van der Waals surface area contributed by atoms with Crippen molar-refractivity contribution in [1.82, 2.24) is 19.9 Å². The van der Waals surface area contributed by atoms with Crippen molar-refractivity contribution in [2.45, 2.75) is 44.8 Å². The molecule has 1 saturated carbocycles. The van der Waals surface area contributed by atoms with Crippen molar-refractivity contribution in [3.8, 4) is 0 Å². The molecule has 100 valence electrons. The standard InChI is InChI=1S/C12H20N4O2/c1-9(17)5-6-15(2)12(18)8-16-7-11(13-14-16)10-3-4-10/h7,9-10,17H,3-6,8H2,1-2H3. The molecule has 0 radical (unpaired) electrons. The lowest BCUT2D eigenvalue weighted by molar-refractivity contribution is -0.131. The van der Waals surface area contributed by atoms with E-state index in [-0.39, 0.29) is 18.6 Å². The summed E-state index contributed by atoms with van der Waals surface area (Å²) < 4.78 is 1.59. The topological polar surface area (TPSA) is 71.2 Å². The van der Waals surface area contributed by atoms with E-state index < -0.39 is 0 Å². The molecule has 0 bridgehead atoms. The van der Waals surface area contributed by atoms with Crippen molar-refractivity contribution < 1.29 is 9.90 Å². The Labute approximate surface area is 107 Å². The molecule has 1 aliphatic carbocycles. The summed E-state index contributed by atoms with van der Waals surface area (Å²) in [5.41, 5.74) is 0.995. The third-order valence-electron chi connectivity index (χ3n) is 3.16. The first-order valence-electron chi connectivity index (χ1n) is 6.38. The van der Waals surface area contributed by atoms with Crippen molar-refractivity contribution >= 4 is 5.91 Å². The van der Waals surface area contributed by atoms with Gasteiger partial charge in [0.15, 0.2) is 0 Å². The van der Waals surface area contributed by atoms with E-state index >= 15 is 0 Å². The number of aliphatic hydroxyl groups is 1. The molecule has 1 unspecified atom stereocenters. The summed E-state index contributed by atoms with van der Waals surface area (Å²) in [4.78, 5) is 13.5. The summed E-state index contributed by atoms with van der Waals surface area (Å²) in [6, 6.07) is 0. The Hall–Kier alpha value is -1.43. The largest absolute Gasteiger partial charge is 0.393 e. The van der Waals surface area contributed by atoms with Crippen LogP contribution in [0.15, 0.2) is 6.20 Å². The summed E-state index contributed by atoms with van der Waals surface area (Å²) in [7, 11) is 1.74. The normalized spacial score (nSPS) is 16.6. The van der Waals surface area contributed by atoms with Crippen molar-refractivity contribution in [3.63, 3.8) is 0 Å². The van der Waals surface area contributed by atoms with Crippen LogP contribution in [0, 0.1) is 0 Å². The smallest absolute Gasteiger partial charge is 0.244 e. The SMILES string of the molecule is CC(O)CCN(C)C(=O)Cn1cc(C2CC2)nn1. The van der Waals surface area contributed by atoms with Gasteiger partial charge in [0.2, 0.25) is 5.91 Å². The molecule has 1 aromatic heterocycles. The van der Waals surface area contributed by atoms with Gasteiger partial charge in [0.25, 0.3) is 0 Å². The van der Waals surface area contributed by atoms with Gasteiger partial charge < -0.3 is 10.0 Å². The summed E-state index contributed by atoms with van der Waals surface area (Å²) in [5, 5.41) is 17.2. The number of hydrogen-bond donors (Lipinski definition) is 1. The zero-order valence-electron chi connectivity index (χ0n) is 10.9. The van der Waals surface area contributed by atoms with Crippen LogP contribution in [0.4, 0.5) is 0 Å². The van der Waals surface area contributed by atoms with Crippen LogP contribution in [0.25, 0.3) is 0 Å². The Morgan fingerprint density at radius 3 is 3.00 bits per heavy atom. The quantitative estimate of drug-likeness (QED) is 0.794. The molecule has 1 atom stereocenters. The molecular formula is C12H20N4O2. The zero-order chi connectivity index (χ0) is 13.1. The summed E-state index contributed by atoms with van der Waals surface area (Å²) in [5.74, 6) is 0.546. The molecule has 1 fully saturated rings. The maximum atomic E-state index is 11.9. The van der Waals surface area contributed by atoms with Crippen molar-refractivity contribution in [2.75, 3.05) is 13.6 Å². The monoisotopic (exact) mass is 252 g/mol. The number of likely N-dealkylation sites (N-methyl/N-ethyl adjacent to an activating group) is 1. The van der Waals surface area contributed by atoms with Gasteiger partial charge in [-0.3, -0.25) is 4.79 Å². The van der Waals surface area contributed by atoms with E-state index in [1.54, 1.807) is 23.6 Å². The highest BCUT2D eigenvalue weighted by Gasteiger charge is 2.26. The average Bonchev–Trinajstić information content (AvgIpc) is 3.07. The third-order valence-corrected chi connectivity index (χ3v) is 3.16. The number of amides is 1. The molecule has 0 aliphatic heterocycles. The second kappa shape index (κ2) is 5.48. The fraction of sp³-hybridized carbons (Fsp3) is 0.750. The van der Waals surface area contributed by atoms with Crippen molar-refractivity contribution in [1.29, 1.82) is 0 Å². The first-order valence-corrected chi connectivity index (χ1v) is 6.38. The van der Waals surface area contributed by atoms with Crippen LogP contribution in [0.3, 0.4) is 0 Å². The van der Waals surface area contributed by atoms with Crippen LogP contribution in [0.5, 0.6) is 0 Å². The van der Waals surface area contributed by atoms with Crippen LogP contribution < -0.4 is 0 Å². The molecule has 1 aromatic rings. The lowest BCUT2D eigenvalue weighted by atomic mass is 10.3. The first-order chi connectivity index (χ1) is 8.56. The Morgan fingerprint density at radius 2 is 2.39 bits per heavy atom. The Bertz CT molecular complexity index is 412. The number of nitrogens with zero attached hydrogens (tertiary/aromatic N) is 4. The van der Waals surface area contributed by atoms with Gasteiger partial charge >= 0.3 is 0 Å². The average molecular weight is 252 g/mol.